The molecule has 0 spiro atoms. The number of benzene rings is 1. The smallest absolute Gasteiger partial charge is 0.497 e. The van der Waals surface area contributed by atoms with Gasteiger partial charge in [0, 0.05) is 0 Å². The van der Waals surface area contributed by atoms with E-state index in [0.717, 1.165) is 12.1 Å². The lowest BCUT2D eigenvalue weighted by Gasteiger charge is -1.97. The molecule has 9 nitrogen and oxygen atoms in total. The fourth-order valence-corrected chi connectivity index (χ4v) is 2.00. The van der Waals surface area contributed by atoms with Crippen molar-refractivity contribution in [1.29, 1.82) is 0 Å². The number of nitrogens with zero attached hydrogens (tertiary/aromatic N) is 2. The molecule has 0 saturated carbocycles. The molecule has 0 aromatic heterocycles. The highest BCUT2D eigenvalue weighted by atomic mass is 31.1. The summed E-state index contributed by atoms with van der Waals surface area (Å²) < 4.78 is 16.2. The lowest BCUT2D eigenvalue weighted by Crippen LogP contribution is -2.04. The second-order valence-corrected chi connectivity index (χ2v) is 4.31. The van der Waals surface area contributed by atoms with E-state index in [1.165, 1.54) is 0 Å². The van der Waals surface area contributed by atoms with Crippen molar-refractivity contribution in [2.75, 3.05) is 6.61 Å². The highest BCUT2D eigenvalue weighted by Gasteiger charge is 2.34. The first-order chi connectivity index (χ1) is 8.38. The van der Waals surface area contributed by atoms with E-state index >= 15 is 0 Å². The van der Waals surface area contributed by atoms with Gasteiger partial charge in [-0.15, -0.1) is 4.52 Å². The van der Waals surface area contributed by atoms with Crippen molar-refractivity contribution in [2.24, 2.45) is 0 Å². The summed E-state index contributed by atoms with van der Waals surface area (Å²) in [6.07, 6.45) is 0. The van der Waals surface area contributed by atoms with E-state index in [-0.39, 0.29) is 11.9 Å². The molecule has 0 aliphatic carbocycles. The highest BCUT2D eigenvalue weighted by molar-refractivity contribution is 7.48. The van der Waals surface area contributed by atoms with Crippen LogP contribution in [0.25, 0.3) is 0 Å². The predicted octanol–water partition coefficient (Wildman–Crippen LogP) is 1.61. The van der Waals surface area contributed by atoms with Crippen LogP contribution in [0.15, 0.2) is 12.1 Å². The molecular weight excluding hydrogens is 267 g/mol. The summed E-state index contributed by atoms with van der Waals surface area (Å²) >= 11 is 0. The van der Waals surface area contributed by atoms with Gasteiger partial charge in [0.2, 0.25) is 5.30 Å². The molecule has 1 N–H and O–H groups in total. The molecule has 1 aromatic carbocycles. The lowest BCUT2D eigenvalue weighted by atomic mass is 10.2. The van der Waals surface area contributed by atoms with Gasteiger partial charge in [0.1, 0.15) is 6.61 Å². The Hall–Kier alpha value is -2.12. The van der Waals surface area contributed by atoms with Gasteiger partial charge in [0.05, 0.1) is 22.0 Å². The summed E-state index contributed by atoms with van der Waals surface area (Å²) in [6.45, 7) is 1.63. The molecule has 0 fully saturated rings. The molecule has 0 radical (unpaired) electrons. The minimum atomic E-state index is -2.44. The SMILES string of the molecule is CCO[P+](=O)c1cc([N+](=O)[O-])c(O)c([N+](=O)[O-])c1. The van der Waals surface area contributed by atoms with E-state index in [0.29, 0.717) is 0 Å². The molecule has 10 heteroatoms. The summed E-state index contributed by atoms with van der Waals surface area (Å²) in [4.78, 5) is 19.2. The van der Waals surface area contributed by atoms with Crippen molar-refractivity contribution in [1.82, 2.24) is 0 Å². The van der Waals surface area contributed by atoms with Gasteiger partial charge in [-0.3, -0.25) is 20.2 Å². The van der Waals surface area contributed by atoms with Crippen molar-refractivity contribution < 1.29 is 24.0 Å². The molecule has 0 heterocycles. The van der Waals surface area contributed by atoms with Crippen LogP contribution in [0.3, 0.4) is 0 Å². The van der Waals surface area contributed by atoms with Gasteiger partial charge in [0.15, 0.2) is 0 Å². The van der Waals surface area contributed by atoms with Crippen LogP contribution in [0, 0.1) is 20.2 Å². The van der Waals surface area contributed by atoms with Crippen molar-refractivity contribution >= 4 is 24.7 Å². The summed E-state index contributed by atoms with van der Waals surface area (Å²) in [5.41, 5.74) is -1.77. The summed E-state index contributed by atoms with van der Waals surface area (Å²) in [7, 11) is -2.44. The van der Waals surface area contributed by atoms with Crippen LogP contribution in [-0.2, 0) is 9.09 Å². The number of nitro benzene ring substituents is 2. The van der Waals surface area contributed by atoms with Crippen LogP contribution in [0.4, 0.5) is 11.4 Å². The van der Waals surface area contributed by atoms with E-state index in [1.807, 2.05) is 0 Å². The average Bonchev–Trinajstić information content (AvgIpc) is 2.28. The molecule has 96 valence electrons. The Morgan fingerprint density at radius 1 is 1.28 bits per heavy atom. The molecule has 18 heavy (non-hydrogen) atoms. The summed E-state index contributed by atoms with van der Waals surface area (Å²) in [5, 5.41) is 30.4. The van der Waals surface area contributed by atoms with Gasteiger partial charge >= 0.3 is 19.4 Å². The maximum Gasteiger partial charge on any atom is 0.549 e. The maximum absolute atomic E-state index is 11.5. The third-order valence-corrected chi connectivity index (χ3v) is 3.08. The number of phenols is 1. The van der Waals surface area contributed by atoms with E-state index in [9.17, 15) is 29.9 Å². The molecule has 1 unspecified atom stereocenters. The number of nitro groups is 2. The Balaban J connectivity index is 3.43. The van der Waals surface area contributed by atoms with E-state index < -0.39 is 35.0 Å². The third kappa shape index (κ3) is 2.76. The van der Waals surface area contributed by atoms with Gasteiger partial charge < -0.3 is 5.11 Å². The van der Waals surface area contributed by atoms with Crippen molar-refractivity contribution in [3.63, 3.8) is 0 Å². The lowest BCUT2D eigenvalue weighted by molar-refractivity contribution is -0.395. The molecule has 1 atom stereocenters. The number of hydrogen-bond acceptors (Lipinski definition) is 7. The van der Waals surface area contributed by atoms with Gasteiger partial charge in [-0.2, -0.15) is 0 Å². The Morgan fingerprint density at radius 3 is 2.06 bits per heavy atom. The van der Waals surface area contributed by atoms with E-state index in [1.54, 1.807) is 6.92 Å². The van der Waals surface area contributed by atoms with Crippen LogP contribution < -0.4 is 5.30 Å². The molecular formula is C8H8N2O7P+. The number of rotatable bonds is 5. The topological polar surface area (TPSA) is 133 Å². The van der Waals surface area contributed by atoms with Gasteiger partial charge in [-0.1, -0.05) is 0 Å². The normalized spacial score (nSPS) is 11.1. The number of hydrogen-bond donors (Lipinski definition) is 1. The fourth-order valence-electron chi connectivity index (χ4n) is 1.17. The first-order valence-corrected chi connectivity index (χ1v) is 5.82. The second-order valence-electron chi connectivity index (χ2n) is 3.02. The standard InChI is InChI=1S/C8H7N2O7P/c1-2-17-18(16)5-3-6(9(12)13)8(11)7(4-5)10(14)15/h3-4H,2H2,1H3/p+1. The largest absolute Gasteiger partial charge is 0.549 e. The van der Waals surface area contributed by atoms with Gasteiger partial charge in [-0.25, -0.2) is 0 Å². The quantitative estimate of drug-likeness (QED) is 0.490. The molecule has 0 saturated heterocycles. The van der Waals surface area contributed by atoms with Gasteiger partial charge in [0.25, 0.3) is 5.75 Å². The predicted molar refractivity (Wildman–Crippen MR) is 60.3 cm³/mol. The Morgan fingerprint density at radius 2 is 1.72 bits per heavy atom. The number of aromatic hydroxyl groups is 1. The van der Waals surface area contributed by atoms with Crippen molar-refractivity contribution in [3.8, 4) is 5.75 Å². The van der Waals surface area contributed by atoms with Crippen molar-refractivity contribution in [3.05, 3.63) is 32.4 Å². The van der Waals surface area contributed by atoms with Crippen LogP contribution in [0.5, 0.6) is 5.75 Å². The zero-order valence-corrected chi connectivity index (χ0v) is 9.99. The number of phenolic OH excluding ortho intramolecular Hbond substituents is 1. The Labute approximate surface area is 101 Å². The van der Waals surface area contributed by atoms with Crippen LogP contribution in [0.1, 0.15) is 6.92 Å². The van der Waals surface area contributed by atoms with E-state index in [4.69, 9.17) is 4.52 Å². The Kier molecular flexibility index (Phi) is 4.24. The second kappa shape index (κ2) is 5.48. The summed E-state index contributed by atoms with van der Waals surface area (Å²) in [5.74, 6) is -1.08. The molecule has 0 amide bonds. The third-order valence-electron chi connectivity index (χ3n) is 1.91. The molecule has 0 aliphatic heterocycles. The highest BCUT2D eigenvalue weighted by Crippen LogP contribution is 2.37. The minimum absolute atomic E-state index is 0.0810. The monoisotopic (exact) mass is 275 g/mol. The maximum atomic E-state index is 11.5. The zero-order valence-electron chi connectivity index (χ0n) is 9.10. The molecule has 0 aliphatic rings. The first kappa shape index (κ1) is 13.9. The first-order valence-electron chi connectivity index (χ1n) is 4.64. The van der Waals surface area contributed by atoms with Crippen LogP contribution in [0.2, 0.25) is 0 Å². The molecule has 1 rings (SSSR count). The van der Waals surface area contributed by atoms with Crippen LogP contribution >= 0.6 is 8.03 Å². The average molecular weight is 275 g/mol. The fraction of sp³-hybridized carbons (Fsp3) is 0.250. The Bertz CT molecular complexity index is 495. The summed E-state index contributed by atoms with van der Waals surface area (Å²) in [6, 6.07) is 1.58. The van der Waals surface area contributed by atoms with Crippen LogP contribution in [-0.4, -0.2) is 21.6 Å². The molecule has 0 bridgehead atoms. The van der Waals surface area contributed by atoms with E-state index in [2.05, 4.69) is 0 Å². The van der Waals surface area contributed by atoms with Crippen molar-refractivity contribution in [2.45, 2.75) is 6.92 Å². The minimum Gasteiger partial charge on any atom is -0.497 e. The van der Waals surface area contributed by atoms with Gasteiger partial charge in [-0.05, 0) is 11.5 Å². The zero-order chi connectivity index (χ0) is 13.9. The molecule has 1 aromatic rings.